The Balaban J connectivity index is 1.69. The zero-order valence-electron chi connectivity index (χ0n) is 22.0. The standard InChI is InChI=1S/C29H34N4O3S/c1-29(2,3)37(35)32-25(19-21-12-10-11-20(30-21)17-18-27(34)33(4)5)22-13-6-7-14-23(22)28-24-15-8-9-16-26(24)36-31-28/h6-16,25,32H,17-19H2,1-5H3/t25?,37-/m0/s1. The van der Waals surface area contributed by atoms with E-state index in [2.05, 4.69) is 9.88 Å². The molecule has 4 rings (SSSR count). The van der Waals surface area contributed by atoms with Crippen LogP contribution in [0.2, 0.25) is 0 Å². The molecule has 8 heteroatoms. The second-order valence-electron chi connectivity index (χ2n) is 10.3. The number of pyridine rings is 1. The minimum atomic E-state index is -1.32. The van der Waals surface area contributed by atoms with Gasteiger partial charge in [0.25, 0.3) is 0 Å². The van der Waals surface area contributed by atoms with E-state index in [1.54, 1.807) is 19.0 Å². The van der Waals surface area contributed by atoms with Crippen LogP contribution in [0.4, 0.5) is 0 Å². The molecule has 0 spiro atoms. The van der Waals surface area contributed by atoms with Crippen LogP contribution in [0.25, 0.3) is 22.2 Å². The van der Waals surface area contributed by atoms with Crippen molar-refractivity contribution in [2.75, 3.05) is 14.1 Å². The second kappa shape index (κ2) is 11.5. The molecule has 2 aromatic heterocycles. The fourth-order valence-corrected chi connectivity index (χ4v) is 4.89. The first-order chi connectivity index (χ1) is 17.6. The van der Waals surface area contributed by atoms with Gasteiger partial charge >= 0.3 is 0 Å². The van der Waals surface area contributed by atoms with Crippen LogP contribution < -0.4 is 4.72 Å². The van der Waals surface area contributed by atoms with Gasteiger partial charge in [0.05, 0.1) is 6.04 Å². The van der Waals surface area contributed by atoms with Crippen molar-refractivity contribution in [1.29, 1.82) is 0 Å². The van der Waals surface area contributed by atoms with Crippen molar-refractivity contribution in [2.24, 2.45) is 0 Å². The van der Waals surface area contributed by atoms with Gasteiger partial charge in [-0.2, -0.15) is 0 Å². The lowest BCUT2D eigenvalue weighted by molar-refractivity contribution is -0.128. The Bertz CT molecular complexity index is 1360. The number of aromatic nitrogens is 2. The van der Waals surface area contributed by atoms with E-state index in [9.17, 15) is 9.35 Å². The molecule has 7 nitrogen and oxygen atoms in total. The normalized spacial score (nSPS) is 13.5. The van der Waals surface area contributed by atoms with Gasteiger partial charge in [0.1, 0.15) is 10.4 Å². The minimum absolute atomic E-state index is 0.0705. The number of para-hydroxylation sites is 1. The third-order valence-corrected chi connectivity index (χ3v) is 7.76. The fraction of sp³-hybridized carbons (Fsp3) is 0.345. The molecule has 0 saturated carbocycles. The first-order valence-electron chi connectivity index (χ1n) is 12.4. The monoisotopic (exact) mass is 518 g/mol. The van der Waals surface area contributed by atoms with Crippen LogP contribution in [-0.2, 0) is 29.0 Å². The SMILES string of the molecule is CN(C)C(=O)CCc1cccc(CC(N[S@@+]([O-])C(C)(C)C)c2ccccc2-c2noc3ccccc23)n1. The predicted octanol–water partition coefficient (Wildman–Crippen LogP) is 5.25. The molecular weight excluding hydrogens is 484 g/mol. The number of amides is 1. The average Bonchev–Trinajstić information content (AvgIpc) is 3.30. The summed E-state index contributed by atoms with van der Waals surface area (Å²) in [5, 5.41) is 5.31. The molecule has 37 heavy (non-hydrogen) atoms. The van der Waals surface area contributed by atoms with Crippen LogP contribution >= 0.6 is 0 Å². The number of aryl methyl sites for hydroxylation is 1. The molecule has 1 unspecified atom stereocenters. The Morgan fingerprint density at radius 2 is 1.73 bits per heavy atom. The van der Waals surface area contributed by atoms with Crippen LogP contribution in [0, 0.1) is 0 Å². The van der Waals surface area contributed by atoms with Gasteiger partial charge in [-0.25, -0.2) is 0 Å². The fourth-order valence-electron chi connectivity index (χ4n) is 4.07. The van der Waals surface area contributed by atoms with E-state index >= 15 is 0 Å². The molecule has 0 saturated heterocycles. The van der Waals surface area contributed by atoms with Crippen molar-refractivity contribution in [3.63, 3.8) is 0 Å². The molecule has 0 bridgehead atoms. The lowest BCUT2D eigenvalue weighted by atomic mass is 9.94. The topological polar surface area (TPSA) is 94.3 Å². The summed E-state index contributed by atoms with van der Waals surface area (Å²) >= 11 is -1.32. The Hall–Kier alpha value is -3.20. The quantitative estimate of drug-likeness (QED) is 0.304. The number of nitrogens with one attached hydrogen (secondary N) is 1. The zero-order valence-corrected chi connectivity index (χ0v) is 22.8. The van der Waals surface area contributed by atoms with Crippen molar-refractivity contribution in [3.05, 3.63) is 83.7 Å². The summed E-state index contributed by atoms with van der Waals surface area (Å²) < 4.78 is 21.8. The molecule has 0 radical (unpaired) electrons. The summed E-state index contributed by atoms with van der Waals surface area (Å²) in [5.74, 6) is 0.0705. The first kappa shape index (κ1) is 26.9. The van der Waals surface area contributed by atoms with Gasteiger partial charge in [-0.3, -0.25) is 9.78 Å². The second-order valence-corrected chi connectivity index (χ2v) is 12.3. The number of carbonyl (C=O) groups is 1. The van der Waals surface area contributed by atoms with Gasteiger partial charge in [-0.05, 0) is 57.0 Å². The first-order valence-corrected chi connectivity index (χ1v) is 13.5. The maximum atomic E-state index is 13.3. The molecule has 194 valence electrons. The summed E-state index contributed by atoms with van der Waals surface area (Å²) in [6.45, 7) is 5.85. The predicted molar refractivity (Wildman–Crippen MR) is 148 cm³/mol. The summed E-state index contributed by atoms with van der Waals surface area (Å²) in [6, 6.07) is 21.4. The number of hydrogen-bond acceptors (Lipinski definition) is 6. The smallest absolute Gasteiger partial charge is 0.222 e. The van der Waals surface area contributed by atoms with Gasteiger partial charge < -0.3 is 14.0 Å². The summed E-state index contributed by atoms with van der Waals surface area (Å²) in [5.41, 5.74) is 5.08. The van der Waals surface area contributed by atoms with Gasteiger partial charge in [0, 0.05) is 60.6 Å². The van der Waals surface area contributed by atoms with Crippen LogP contribution in [0.1, 0.15) is 50.2 Å². The molecule has 2 heterocycles. The molecule has 2 aromatic carbocycles. The number of benzene rings is 2. The summed E-state index contributed by atoms with van der Waals surface area (Å²) in [4.78, 5) is 18.5. The van der Waals surface area contributed by atoms with Crippen molar-refractivity contribution in [3.8, 4) is 11.3 Å². The third-order valence-electron chi connectivity index (χ3n) is 6.15. The summed E-state index contributed by atoms with van der Waals surface area (Å²) in [7, 11) is 3.51. The Morgan fingerprint density at radius 1 is 1.03 bits per heavy atom. The number of nitrogens with zero attached hydrogens (tertiary/aromatic N) is 3. The van der Waals surface area contributed by atoms with Crippen LogP contribution in [-0.4, -0.2) is 44.3 Å². The van der Waals surface area contributed by atoms with Crippen LogP contribution in [0.5, 0.6) is 0 Å². The molecule has 0 aliphatic heterocycles. The largest absolute Gasteiger partial charge is 0.598 e. The van der Waals surface area contributed by atoms with Crippen molar-refractivity contribution in [1.82, 2.24) is 19.8 Å². The molecule has 0 aliphatic rings. The van der Waals surface area contributed by atoms with E-state index in [1.165, 1.54) is 0 Å². The zero-order chi connectivity index (χ0) is 26.6. The van der Waals surface area contributed by atoms with E-state index in [4.69, 9.17) is 9.51 Å². The van der Waals surface area contributed by atoms with E-state index < -0.39 is 16.1 Å². The third kappa shape index (κ3) is 6.57. The van der Waals surface area contributed by atoms with Gasteiger partial charge in [0.2, 0.25) is 5.91 Å². The highest BCUT2D eigenvalue weighted by Crippen LogP contribution is 2.35. The highest BCUT2D eigenvalue weighted by atomic mass is 32.2. The van der Waals surface area contributed by atoms with Gasteiger partial charge in [-0.15, -0.1) is 4.72 Å². The molecule has 2 atom stereocenters. The van der Waals surface area contributed by atoms with Crippen LogP contribution in [0.3, 0.4) is 0 Å². The van der Waals surface area contributed by atoms with Gasteiger partial charge in [0.15, 0.2) is 5.58 Å². The Kier molecular flexibility index (Phi) is 8.32. The molecule has 0 aliphatic carbocycles. The molecular formula is C29H34N4O3S. The molecule has 0 fully saturated rings. The lowest BCUT2D eigenvalue weighted by Crippen LogP contribution is -2.42. The Labute approximate surface area is 221 Å². The summed E-state index contributed by atoms with van der Waals surface area (Å²) in [6.07, 6.45) is 1.49. The highest BCUT2D eigenvalue weighted by Gasteiger charge is 2.31. The lowest BCUT2D eigenvalue weighted by Gasteiger charge is -2.29. The molecule has 1 amide bonds. The maximum absolute atomic E-state index is 13.3. The van der Waals surface area contributed by atoms with Crippen molar-refractivity contribution >= 4 is 28.2 Å². The van der Waals surface area contributed by atoms with Gasteiger partial charge in [-0.1, -0.05) is 47.6 Å². The van der Waals surface area contributed by atoms with E-state index in [1.807, 2.05) is 87.5 Å². The van der Waals surface area contributed by atoms with E-state index in [0.29, 0.717) is 19.3 Å². The maximum Gasteiger partial charge on any atom is 0.222 e. The van der Waals surface area contributed by atoms with Crippen LogP contribution in [0.15, 0.2) is 71.3 Å². The Morgan fingerprint density at radius 3 is 2.49 bits per heavy atom. The highest BCUT2D eigenvalue weighted by molar-refractivity contribution is 7.90. The average molecular weight is 519 g/mol. The van der Waals surface area contributed by atoms with Crippen molar-refractivity contribution in [2.45, 2.75) is 50.8 Å². The number of rotatable bonds is 9. The number of carbonyl (C=O) groups excluding carboxylic acids is 1. The minimum Gasteiger partial charge on any atom is -0.598 e. The molecule has 4 aromatic rings. The number of fused-ring (bicyclic) bond motifs is 1. The number of hydrogen-bond donors (Lipinski definition) is 1. The molecule has 1 N–H and O–H groups in total. The van der Waals surface area contributed by atoms with Crippen molar-refractivity contribution < 1.29 is 13.9 Å². The van der Waals surface area contributed by atoms with E-state index in [-0.39, 0.29) is 11.9 Å². The van der Waals surface area contributed by atoms with E-state index in [0.717, 1.165) is 39.2 Å².